The number of ether oxygens (including phenoxy) is 2. The molecule has 0 bridgehead atoms. The highest BCUT2D eigenvalue weighted by Crippen LogP contribution is 2.41. The molecule has 0 saturated carbocycles. The molecule has 0 amide bonds. The molecule has 0 spiro atoms. The largest absolute Gasteiger partial charge is 0.493 e. The number of nitrogens with one attached hydrogen (secondary N) is 1. The average molecular weight is 409 g/mol. The van der Waals surface area contributed by atoms with E-state index >= 15 is 0 Å². The summed E-state index contributed by atoms with van der Waals surface area (Å²) in [5.74, 6) is 1.52. The van der Waals surface area contributed by atoms with Crippen molar-refractivity contribution in [2.75, 3.05) is 40.9 Å². The van der Waals surface area contributed by atoms with E-state index in [1.807, 2.05) is 18.2 Å². The lowest BCUT2D eigenvalue weighted by molar-refractivity contribution is 0.267. The molecule has 1 aliphatic rings. The zero-order valence-electron chi connectivity index (χ0n) is 16.0. The van der Waals surface area contributed by atoms with Crippen LogP contribution in [0.4, 0.5) is 0 Å². The fourth-order valence-electron chi connectivity index (χ4n) is 3.44. The molecule has 1 N–H and O–H groups in total. The molecule has 1 atom stereocenters. The minimum Gasteiger partial charge on any atom is -0.493 e. The van der Waals surface area contributed by atoms with Gasteiger partial charge in [-0.1, -0.05) is 29.3 Å². The number of hydrogen-bond donors (Lipinski definition) is 1. The van der Waals surface area contributed by atoms with Gasteiger partial charge in [0.2, 0.25) is 0 Å². The lowest BCUT2D eigenvalue weighted by Gasteiger charge is -2.30. The van der Waals surface area contributed by atoms with E-state index in [9.17, 15) is 0 Å². The summed E-state index contributed by atoms with van der Waals surface area (Å²) >= 11 is 12.9. The minimum atomic E-state index is -0.0648. The third-order valence-corrected chi connectivity index (χ3v) is 5.43. The molecule has 0 aromatic heterocycles. The zero-order valence-corrected chi connectivity index (χ0v) is 17.5. The maximum absolute atomic E-state index is 6.47. The lowest BCUT2D eigenvalue weighted by Crippen LogP contribution is -2.31. The van der Waals surface area contributed by atoms with E-state index in [-0.39, 0.29) is 6.04 Å². The summed E-state index contributed by atoms with van der Waals surface area (Å²) in [5.41, 5.74) is 3.28. The van der Waals surface area contributed by atoms with E-state index < -0.39 is 0 Å². The van der Waals surface area contributed by atoms with Gasteiger partial charge < -0.3 is 19.7 Å². The summed E-state index contributed by atoms with van der Waals surface area (Å²) in [7, 11) is 5.80. The van der Waals surface area contributed by atoms with E-state index in [0.717, 1.165) is 48.6 Å². The van der Waals surface area contributed by atoms with Crippen molar-refractivity contribution in [1.82, 2.24) is 10.2 Å². The van der Waals surface area contributed by atoms with Crippen molar-refractivity contribution >= 4 is 23.2 Å². The van der Waals surface area contributed by atoms with Crippen molar-refractivity contribution in [3.8, 4) is 11.5 Å². The second-order valence-corrected chi connectivity index (χ2v) is 7.79. The molecule has 2 aromatic rings. The summed E-state index contributed by atoms with van der Waals surface area (Å²) in [6.45, 7) is 2.47. The number of halogens is 2. The Bertz CT molecular complexity index is 776. The predicted octanol–water partition coefficient (Wildman–Crippen LogP) is 4.57. The molecule has 6 heteroatoms. The third kappa shape index (κ3) is 4.69. The fraction of sp³-hybridized carbons (Fsp3) is 0.429. The van der Waals surface area contributed by atoms with Crippen LogP contribution in [0.25, 0.3) is 0 Å². The average Bonchev–Trinajstić information content (AvgIpc) is 2.64. The molecule has 146 valence electrons. The maximum Gasteiger partial charge on any atom is 0.161 e. The predicted molar refractivity (Wildman–Crippen MR) is 112 cm³/mol. The molecule has 2 aromatic carbocycles. The summed E-state index contributed by atoms with van der Waals surface area (Å²) in [5, 5.41) is 4.88. The van der Waals surface area contributed by atoms with E-state index in [2.05, 4.69) is 36.4 Å². The SMILES string of the molecule is COc1cc2c(cc1OCCCN(C)C)C(c1c(Cl)cccc1Cl)NCC2. The van der Waals surface area contributed by atoms with Gasteiger partial charge in [0.05, 0.1) is 19.8 Å². The monoisotopic (exact) mass is 408 g/mol. The molecule has 0 fully saturated rings. The Hall–Kier alpha value is -1.46. The Morgan fingerprint density at radius 1 is 1.15 bits per heavy atom. The number of rotatable bonds is 7. The topological polar surface area (TPSA) is 33.7 Å². The third-order valence-electron chi connectivity index (χ3n) is 4.77. The normalized spacial score (nSPS) is 16.3. The van der Waals surface area contributed by atoms with Gasteiger partial charge >= 0.3 is 0 Å². The van der Waals surface area contributed by atoms with Crippen LogP contribution < -0.4 is 14.8 Å². The fourth-order valence-corrected chi connectivity index (χ4v) is 4.06. The molecular weight excluding hydrogens is 383 g/mol. The first-order chi connectivity index (χ1) is 13.0. The first-order valence-electron chi connectivity index (χ1n) is 9.17. The van der Waals surface area contributed by atoms with Crippen molar-refractivity contribution in [2.45, 2.75) is 18.9 Å². The van der Waals surface area contributed by atoms with Crippen molar-refractivity contribution < 1.29 is 9.47 Å². The summed E-state index contributed by atoms with van der Waals surface area (Å²) in [6, 6.07) is 9.70. The highest BCUT2D eigenvalue weighted by molar-refractivity contribution is 6.36. The van der Waals surface area contributed by atoms with Crippen LogP contribution in [-0.4, -0.2) is 45.8 Å². The number of fused-ring (bicyclic) bond motifs is 1. The van der Waals surface area contributed by atoms with Gasteiger partial charge in [0.1, 0.15) is 0 Å². The number of methoxy groups -OCH3 is 1. The minimum absolute atomic E-state index is 0.0648. The second-order valence-electron chi connectivity index (χ2n) is 6.98. The van der Waals surface area contributed by atoms with Gasteiger partial charge in [0.15, 0.2) is 11.5 Å². The molecule has 1 unspecified atom stereocenters. The maximum atomic E-state index is 6.47. The van der Waals surface area contributed by atoms with Gasteiger partial charge in [-0.05, 0) is 62.3 Å². The van der Waals surface area contributed by atoms with Crippen LogP contribution in [0.2, 0.25) is 10.0 Å². The zero-order chi connectivity index (χ0) is 19.4. The number of benzene rings is 2. The highest BCUT2D eigenvalue weighted by Gasteiger charge is 2.27. The van der Waals surface area contributed by atoms with Crippen LogP contribution in [0.5, 0.6) is 11.5 Å². The van der Waals surface area contributed by atoms with Crippen LogP contribution >= 0.6 is 23.2 Å². The Morgan fingerprint density at radius 2 is 1.89 bits per heavy atom. The van der Waals surface area contributed by atoms with E-state index in [1.54, 1.807) is 7.11 Å². The molecule has 0 radical (unpaired) electrons. The Kier molecular flexibility index (Phi) is 6.88. The van der Waals surface area contributed by atoms with Gasteiger partial charge in [0, 0.05) is 28.7 Å². The van der Waals surface area contributed by atoms with Crippen LogP contribution in [0.1, 0.15) is 29.2 Å². The van der Waals surface area contributed by atoms with Crippen LogP contribution in [0.3, 0.4) is 0 Å². The van der Waals surface area contributed by atoms with Gasteiger partial charge in [-0.25, -0.2) is 0 Å². The van der Waals surface area contributed by atoms with Gasteiger partial charge in [-0.15, -0.1) is 0 Å². The van der Waals surface area contributed by atoms with Crippen molar-refractivity contribution in [2.24, 2.45) is 0 Å². The Morgan fingerprint density at radius 3 is 2.56 bits per heavy atom. The molecule has 1 heterocycles. The van der Waals surface area contributed by atoms with E-state index in [4.69, 9.17) is 32.7 Å². The smallest absolute Gasteiger partial charge is 0.161 e. The van der Waals surface area contributed by atoms with Crippen LogP contribution in [-0.2, 0) is 6.42 Å². The molecule has 0 saturated heterocycles. The molecular formula is C21H26Cl2N2O2. The standard InChI is InChI=1S/C21H26Cl2N2O2/c1-25(2)10-5-11-27-19-13-15-14(12-18(19)26-3)8-9-24-21(15)20-16(22)6-4-7-17(20)23/h4,6-7,12-13,21,24H,5,8-11H2,1-3H3. The second kappa shape index (κ2) is 9.16. The summed E-state index contributed by atoms with van der Waals surface area (Å²) in [4.78, 5) is 2.15. The first kappa shape index (κ1) is 20.3. The summed E-state index contributed by atoms with van der Waals surface area (Å²) in [6.07, 6.45) is 1.87. The number of hydrogen-bond acceptors (Lipinski definition) is 4. The summed E-state index contributed by atoms with van der Waals surface area (Å²) < 4.78 is 11.6. The molecule has 3 rings (SSSR count). The van der Waals surface area contributed by atoms with Crippen LogP contribution in [0, 0.1) is 0 Å². The molecule has 27 heavy (non-hydrogen) atoms. The Balaban J connectivity index is 1.93. The van der Waals surface area contributed by atoms with Crippen LogP contribution in [0.15, 0.2) is 30.3 Å². The quantitative estimate of drug-likeness (QED) is 0.680. The van der Waals surface area contributed by atoms with Crippen molar-refractivity contribution in [3.05, 3.63) is 57.1 Å². The molecule has 1 aliphatic heterocycles. The highest BCUT2D eigenvalue weighted by atomic mass is 35.5. The Labute approximate surface area is 171 Å². The molecule has 0 aliphatic carbocycles. The van der Waals surface area contributed by atoms with Gasteiger partial charge in [-0.2, -0.15) is 0 Å². The van der Waals surface area contributed by atoms with Gasteiger partial charge in [0.25, 0.3) is 0 Å². The van der Waals surface area contributed by atoms with Crippen molar-refractivity contribution in [3.63, 3.8) is 0 Å². The van der Waals surface area contributed by atoms with E-state index in [1.165, 1.54) is 5.56 Å². The first-order valence-corrected chi connectivity index (χ1v) is 9.92. The van der Waals surface area contributed by atoms with E-state index in [0.29, 0.717) is 16.7 Å². The number of nitrogens with zero attached hydrogens (tertiary/aromatic N) is 1. The lowest BCUT2D eigenvalue weighted by atomic mass is 9.89. The molecule has 4 nitrogen and oxygen atoms in total. The van der Waals surface area contributed by atoms with Gasteiger partial charge in [-0.3, -0.25) is 0 Å². The van der Waals surface area contributed by atoms with Crippen molar-refractivity contribution in [1.29, 1.82) is 0 Å².